The molecule has 31 heavy (non-hydrogen) atoms. The number of carbonyl (C=O) groups is 1. The number of hydrogen-bond acceptors (Lipinski definition) is 8. The molecule has 1 amide bonds. The Kier molecular flexibility index (Phi) is 6.04. The summed E-state index contributed by atoms with van der Waals surface area (Å²) in [6.45, 7) is 2.97. The smallest absolute Gasteiger partial charge is 0.264 e. The Hall–Kier alpha value is -3.38. The van der Waals surface area contributed by atoms with E-state index in [0.717, 1.165) is 17.5 Å². The number of hydrogen-bond donors (Lipinski definition) is 2. The minimum atomic E-state index is -3.84. The summed E-state index contributed by atoms with van der Waals surface area (Å²) in [7, 11) is -3.84. The van der Waals surface area contributed by atoms with Gasteiger partial charge in [-0.05, 0) is 60.0 Å². The molecule has 0 spiro atoms. The zero-order valence-electron chi connectivity index (χ0n) is 17.2. The standard InChI is InChI=1S/C19H22N6O5S/c1-13-20-22-23-25(13)16-6-4-14(5-7-16)15-8-10-24(17(26)12-15)11-9-19(2,18(27)21-28)31(3,29)30/h4-8,10,12,28H,9,11H2,1-3H3,(H,21,27)/t19-/m1/s1. The van der Waals surface area contributed by atoms with Crippen molar-refractivity contribution in [1.29, 1.82) is 0 Å². The number of aromatic nitrogens is 5. The molecule has 0 saturated heterocycles. The van der Waals surface area contributed by atoms with E-state index < -0.39 is 20.5 Å². The zero-order valence-corrected chi connectivity index (χ0v) is 18.0. The van der Waals surface area contributed by atoms with E-state index in [4.69, 9.17) is 5.21 Å². The Morgan fingerprint density at radius 3 is 2.39 bits per heavy atom. The van der Waals surface area contributed by atoms with Crippen LogP contribution in [0.5, 0.6) is 0 Å². The number of nitrogens with zero attached hydrogens (tertiary/aromatic N) is 5. The molecule has 0 aliphatic heterocycles. The maximum Gasteiger partial charge on any atom is 0.264 e. The first kappa shape index (κ1) is 22.3. The quantitative estimate of drug-likeness (QED) is 0.394. The third kappa shape index (κ3) is 4.39. The van der Waals surface area contributed by atoms with Gasteiger partial charge in [0.05, 0.1) is 5.69 Å². The molecule has 0 unspecified atom stereocenters. The van der Waals surface area contributed by atoms with Gasteiger partial charge in [0.1, 0.15) is 0 Å². The molecule has 0 radical (unpaired) electrons. The second-order valence-corrected chi connectivity index (χ2v) is 9.77. The first-order valence-corrected chi connectivity index (χ1v) is 11.2. The second-order valence-electron chi connectivity index (χ2n) is 7.33. The lowest BCUT2D eigenvalue weighted by atomic mass is 10.1. The molecular weight excluding hydrogens is 424 g/mol. The van der Waals surface area contributed by atoms with Gasteiger partial charge < -0.3 is 4.57 Å². The number of sulfone groups is 1. The summed E-state index contributed by atoms with van der Waals surface area (Å²) in [5, 5.41) is 20.3. The Balaban J connectivity index is 1.81. The summed E-state index contributed by atoms with van der Waals surface area (Å²) in [6, 6.07) is 10.5. The number of aryl methyl sites for hydroxylation is 2. The number of hydroxylamine groups is 1. The lowest BCUT2D eigenvalue weighted by Gasteiger charge is -2.25. The van der Waals surface area contributed by atoms with Crippen LogP contribution in [0.15, 0.2) is 47.4 Å². The van der Waals surface area contributed by atoms with Crippen molar-refractivity contribution in [2.45, 2.75) is 31.6 Å². The van der Waals surface area contributed by atoms with Crippen LogP contribution in [-0.2, 0) is 21.2 Å². The topological polar surface area (TPSA) is 149 Å². The molecule has 1 aromatic carbocycles. The van der Waals surface area contributed by atoms with Gasteiger partial charge in [-0.25, -0.2) is 13.9 Å². The van der Waals surface area contributed by atoms with Crippen molar-refractivity contribution in [1.82, 2.24) is 30.3 Å². The predicted octanol–water partition coefficient (Wildman–Crippen LogP) is 0.498. The molecule has 3 rings (SSSR count). The van der Waals surface area contributed by atoms with E-state index in [9.17, 15) is 18.0 Å². The van der Waals surface area contributed by atoms with Crippen molar-refractivity contribution in [3.05, 3.63) is 58.8 Å². The molecule has 11 nitrogen and oxygen atoms in total. The van der Waals surface area contributed by atoms with Gasteiger partial charge in [-0.15, -0.1) is 5.10 Å². The Morgan fingerprint density at radius 1 is 1.19 bits per heavy atom. The number of tetrazole rings is 1. The molecule has 2 aromatic heterocycles. The summed E-state index contributed by atoms with van der Waals surface area (Å²) in [4.78, 5) is 24.5. The Labute approximate surface area is 178 Å². The third-order valence-corrected chi connectivity index (χ3v) is 7.32. The highest BCUT2D eigenvalue weighted by molar-refractivity contribution is 7.92. The molecule has 1 atom stereocenters. The Morgan fingerprint density at radius 2 is 1.87 bits per heavy atom. The molecule has 0 saturated carbocycles. The SMILES string of the molecule is Cc1nnnn1-c1ccc(-c2ccn(CC[C@](C)(C(=O)NO)S(C)(=O)=O)c(=O)c2)cc1. The van der Waals surface area contributed by atoms with Crippen LogP contribution >= 0.6 is 0 Å². The monoisotopic (exact) mass is 446 g/mol. The van der Waals surface area contributed by atoms with Gasteiger partial charge in [0.2, 0.25) is 0 Å². The molecule has 0 aliphatic carbocycles. The fourth-order valence-corrected chi connectivity index (χ4v) is 3.90. The van der Waals surface area contributed by atoms with E-state index in [-0.39, 0.29) is 18.5 Å². The molecule has 0 fully saturated rings. The van der Waals surface area contributed by atoms with Crippen LogP contribution in [-0.4, -0.2) is 55.3 Å². The van der Waals surface area contributed by atoms with Crippen LogP contribution in [0, 0.1) is 6.92 Å². The average molecular weight is 446 g/mol. The van der Waals surface area contributed by atoms with Gasteiger partial charge >= 0.3 is 0 Å². The van der Waals surface area contributed by atoms with Gasteiger partial charge in [-0.2, -0.15) is 4.68 Å². The molecule has 3 aromatic rings. The van der Waals surface area contributed by atoms with Crippen molar-refractivity contribution < 1.29 is 18.4 Å². The van der Waals surface area contributed by atoms with Crippen LogP contribution in [0.2, 0.25) is 0 Å². The lowest BCUT2D eigenvalue weighted by Crippen LogP contribution is -2.49. The second kappa shape index (κ2) is 8.40. The number of carbonyl (C=O) groups excluding carboxylic acids is 1. The van der Waals surface area contributed by atoms with Crippen molar-refractivity contribution >= 4 is 15.7 Å². The van der Waals surface area contributed by atoms with Crippen molar-refractivity contribution in [2.75, 3.05) is 6.26 Å². The van der Waals surface area contributed by atoms with Crippen LogP contribution in [0.25, 0.3) is 16.8 Å². The van der Waals surface area contributed by atoms with E-state index in [1.54, 1.807) is 17.7 Å². The number of amides is 1. The third-order valence-electron chi connectivity index (χ3n) is 5.30. The first-order valence-electron chi connectivity index (χ1n) is 9.27. The number of nitrogens with one attached hydrogen (secondary N) is 1. The van der Waals surface area contributed by atoms with Gasteiger partial charge in [0, 0.05) is 25.1 Å². The summed E-state index contributed by atoms with van der Waals surface area (Å²) in [5.41, 5.74) is 3.31. The zero-order chi connectivity index (χ0) is 22.8. The van der Waals surface area contributed by atoms with Gasteiger partial charge in [0.15, 0.2) is 20.4 Å². The normalized spacial score (nSPS) is 13.5. The molecular formula is C19H22N6O5S. The molecule has 0 bridgehead atoms. The van der Waals surface area contributed by atoms with Crippen LogP contribution in [0.1, 0.15) is 19.2 Å². The van der Waals surface area contributed by atoms with E-state index in [1.807, 2.05) is 24.3 Å². The fourth-order valence-electron chi connectivity index (χ4n) is 3.06. The lowest BCUT2D eigenvalue weighted by molar-refractivity contribution is -0.131. The number of benzene rings is 1. The fraction of sp³-hybridized carbons (Fsp3) is 0.316. The van der Waals surface area contributed by atoms with Gasteiger partial charge in [0.25, 0.3) is 11.5 Å². The van der Waals surface area contributed by atoms with Crippen molar-refractivity contribution in [2.24, 2.45) is 0 Å². The highest BCUT2D eigenvalue weighted by atomic mass is 32.2. The maximum absolute atomic E-state index is 12.6. The maximum atomic E-state index is 12.6. The van der Waals surface area contributed by atoms with Crippen LogP contribution in [0.3, 0.4) is 0 Å². The van der Waals surface area contributed by atoms with Crippen LogP contribution in [0.4, 0.5) is 0 Å². The van der Waals surface area contributed by atoms with Gasteiger partial charge in [-0.3, -0.25) is 14.8 Å². The summed E-state index contributed by atoms with van der Waals surface area (Å²) >= 11 is 0. The molecule has 12 heteroatoms. The number of pyridine rings is 1. The first-order chi connectivity index (χ1) is 14.6. The van der Waals surface area contributed by atoms with Crippen molar-refractivity contribution in [3.8, 4) is 16.8 Å². The van der Waals surface area contributed by atoms with Crippen molar-refractivity contribution in [3.63, 3.8) is 0 Å². The Bertz CT molecular complexity index is 1270. The highest BCUT2D eigenvalue weighted by Crippen LogP contribution is 2.23. The van der Waals surface area contributed by atoms with E-state index in [2.05, 4.69) is 15.5 Å². The molecule has 2 N–H and O–H groups in total. The minimum Gasteiger partial charge on any atom is -0.315 e. The number of rotatable bonds is 7. The summed E-state index contributed by atoms with van der Waals surface area (Å²) in [5.74, 6) is -0.399. The van der Waals surface area contributed by atoms with E-state index >= 15 is 0 Å². The summed E-state index contributed by atoms with van der Waals surface area (Å²) < 4.78 is 25.1. The van der Waals surface area contributed by atoms with Crippen LogP contribution < -0.4 is 11.0 Å². The molecule has 164 valence electrons. The average Bonchev–Trinajstić information content (AvgIpc) is 3.17. The summed E-state index contributed by atoms with van der Waals surface area (Å²) in [6.07, 6.45) is 2.27. The van der Waals surface area contributed by atoms with Gasteiger partial charge in [-0.1, -0.05) is 12.1 Å². The minimum absolute atomic E-state index is 0.0202. The largest absolute Gasteiger partial charge is 0.315 e. The predicted molar refractivity (Wildman–Crippen MR) is 111 cm³/mol. The van der Waals surface area contributed by atoms with E-state index in [1.165, 1.54) is 29.2 Å². The molecule has 0 aliphatic rings. The molecule has 2 heterocycles. The highest BCUT2D eigenvalue weighted by Gasteiger charge is 2.43. The van der Waals surface area contributed by atoms with E-state index in [0.29, 0.717) is 11.4 Å².